The molecular formula is C21H23N2P. The van der Waals surface area contributed by atoms with E-state index in [0.29, 0.717) is 8.58 Å². The second kappa shape index (κ2) is 7.15. The number of hydrogen-bond acceptors (Lipinski definition) is 2. The Morgan fingerprint density at radius 1 is 1.08 bits per heavy atom. The van der Waals surface area contributed by atoms with E-state index in [4.69, 9.17) is 5.73 Å². The van der Waals surface area contributed by atoms with Gasteiger partial charge < -0.3 is 5.73 Å². The lowest BCUT2D eigenvalue weighted by molar-refractivity contribution is 1.32. The Morgan fingerprint density at radius 2 is 1.92 bits per heavy atom. The fraction of sp³-hybridized carbons (Fsp3) is 0.190. The molecular weight excluding hydrogens is 311 g/mol. The van der Waals surface area contributed by atoms with Crippen molar-refractivity contribution >= 4 is 31.4 Å². The van der Waals surface area contributed by atoms with Crippen molar-refractivity contribution < 1.29 is 0 Å². The summed E-state index contributed by atoms with van der Waals surface area (Å²) >= 11 is 0. The maximum atomic E-state index is 6.16. The normalized spacial score (nSPS) is 16.0. The summed E-state index contributed by atoms with van der Waals surface area (Å²) in [5.74, 6) is 0. The molecule has 1 heterocycles. The highest BCUT2D eigenvalue weighted by atomic mass is 31.1. The second-order valence-corrected chi connectivity index (χ2v) is 7.33. The Kier molecular flexibility index (Phi) is 4.97. The first-order valence-electron chi connectivity index (χ1n) is 8.19. The molecule has 2 aromatic carbocycles. The van der Waals surface area contributed by atoms with Crippen LogP contribution < -0.4 is 5.73 Å². The highest BCUT2D eigenvalue weighted by molar-refractivity contribution is 7.51. The van der Waals surface area contributed by atoms with E-state index in [1.807, 2.05) is 13.1 Å². The molecule has 3 heteroatoms. The van der Waals surface area contributed by atoms with Gasteiger partial charge in [0.15, 0.2) is 0 Å². The third kappa shape index (κ3) is 3.49. The molecule has 3 rings (SSSR count). The molecule has 122 valence electrons. The Morgan fingerprint density at radius 3 is 2.62 bits per heavy atom. The van der Waals surface area contributed by atoms with Crippen LogP contribution in [0.2, 0.25) is 0 Å². The molecule has 0 fully saturated rings. The molecule has 2 aromatic rings. The molecule has 2 N–H and O–H groups in total. The van der Waals surface area contributed by atoms with E-state index >= 15 is 0 Å². The van der Waals surface area contributed by atoms with Gasteiger partial charge in [0.1, 0.15) is 0 Å². The summed E-state index contributed by atoms with van der Waals surface area (Å²) in [5.41, 5.74) is 14.4. The third-order valence-electron chi connectivity index (χ3n) is 4.15. The van der Waals surface area contributed by atoms with Gasteiger partial charge in [0.05, 0.1) is 5.69 Å². The SMILES string of the molecule is CC=Nc1ccc(C2=C(c3cccc(C)c3)PCC(N)=C2)cc1C. The van der Waals surface area contributed by atoms with Crippen molar-refractivity contribution in [2.24, 2.45) is 10.7 Å². The number of hydrogen-bond donors (Lipinski definition) is 1. The first-order chi connectivity index (χ1) is 11.6. The Bertz CT molecular complexity index is 860. The zero-order valence-electron chi connectivity index (χ0n) is 14.4. The smallest absolute Gasteiger partial charge is 0.0655 e. The van der Waals surface area contributed by atoms with Gasteiger partial charge in [0.25, 0.3) is 0 Å². The van der Waals surface area contributed by atoms with E-state index in [2.05, 4.69) is 67.4 Å². The molecule has 0 saturated heterocycles. The van der Waals surface area contributed by atoms with Crippen molar-refractivity contribution in [2.75, 3.05) is 6.16 Å². The van der Waals surface area contributed by atoms with Crippen LogP contribution in [-0.4, -0.2) is 12.4 Å². The van der Waals surface area contributed by atoms with E-state index in [0.717, 1.165) is 17.5 Å². The molecule has 1 atom stereocenters. The predicted octanol–water partition coefficient (Wildman–Crippen LogP) is 5.43. The summed E-state index contributed by atoms with van der Waals surface area (Å²) in [6.07, 6.45) is 4.93. The zero-order valence-corrected chi connectivity index (χ0v) is 15.4. The van der Waals surface area contributed by atoms with Gasteiger partial charge in [-0.3, -0.25) is 4.99 Å². The van der Waals surface area contributed by atoms with Crippen LogP contribution in [-0.2, 0) is 0 Å². The largest absolute Gasteiger partial charge is 0.402 e. The zero-order chi connectivity index (χ0) is 17.1. The summed E-state index contributed by atoms with van der Waals surface area (Å²) < 4.78 is 0. The van der Waals surface area contributed by atoms with Crippen LogP contribution in [0.25, 0.3) is 10.9 Å². The van der Waals surface area contributed by atoms with E-state index < -0.39 is 0 Å². The van der Waals surface area contributed by atoms with E-state index in [1.165, 1.54) is 33.1 Å². The first kappa shape index (κ1) is 16.7. The lowest BCUT2D eigenvalue weighted by Crippen LogP contribution is -2.05. The van der Waals surface area contributed by atoms with Crippen molar-refractivity contribution in [3.63, 3.8) is 0 Å². The number of benzene rings is 2. The molecule has 1 aliphatic heterocycles. The maximum Gasteiger partial charge on any atom is 0.0655 e. The molecule has 0 saturated carbocycles. The summed E-state index contributed by atoms with van der Waals surface area (Å²) in [4.78, 5) is 4.42. The van der Waals surface area contributed by atoms with Crippen molar-refractivity contribution in [3.05, 3.63) is 76.5 Å². The first-order valence-corrected chi connectivity index (χ1v) is 9.40. The number of aliphatic imine (C=N–C) groups is 1. The standard InChI is InChI=1S/C21H23N2P/c1-4-23-20-9-8-16(11-15(20)3)19-12-18(22)13-24-21(19)17-7-5-6-14(2)10-17/h4-12,24H,13,22H2,1-3H3. The molecule has 2 nitrogen and oxygen atoms in total. The summed E-state index contributed by atoms with van der Waals surface area (Å²) in [7, 11) is 0.704. The van der Waals surface area contributed by atoms with Crippen LogP contribution in [0, 0.1) is 13.8 Å². The fourth-order valence-electron chi connectivity index (χ4n) is 2.99. The van der Waals surface area contributed by atoms with E-state index in [-0.39, 0.29) is 0 Å². The van der Waals surface area contributed by atoms with Gasteiger partial charge in [-0.1, -0.05) is 44.5 Å². The maximum absolute atomic E-state index is 6.16. The molecule has 0 spiro atoms. The van der Waals surface area contributed by atoms with Crippen molar-refractivity contribution in [1.82, 2.24) is 0 Å². The monoisotopic (exact) mass is 334 g/mol. The van der Waals surface area contributed by atoms with Gasteiger partial charge in [0, 0.05) is 18.1 Å². The number of rotatable bonds is 3. The van der Waals surface area contributed by atoms with Crippen molar-refractivity contribution in [3.8, 4) is 0 Å². The minimum Gasteiger partial charge on any atom is -0.402 e. The van der Waals surface area contributed by atoms with Gasteiger partial charge in [-0.15, -0.1) is 0 Å². The van der Waals surface area contributed by atoms with Gasteiger partial charge in [-0.25, -0.2) is 0 Å². The van der Waals surface area contributed by atoms with Crippen molar-refractivity contribution in [1.29, 1.82) is 0 Å². The second-order valence-electron chi connectivity index (χ2n) is 6.12. The van der Waals surface area contributed by atoms with Crippen LogP contribution >= 0.6 is 8.58 Å². The number of aryl methyl sites for hydroxylation is 2. The summed E-state index contributed by atoms with van der Waals surface area (Å²) in [6.45, 7) is 6.19. The van der Waals surface area contributed by atoms with Crippen LogP contribution in [0.1, 0.15) is 29.2 Å². The van der Waals surface area contributed by atoms with E-state index in [9.17, 15) is 0 Å². The summed E-state index contributed by atoms with van der Waals surface area (Å²) in [5, 5.41) is 1.40. The molecule has 0 radical (unpaired) electrons. The number of nitrogens with two attached hydrogens (primary N) is 1. The van der Waals surface area contributed by atoms with Gasteiger partial charge >= 0.3 is 0 Å². The quantitative estimate of drug-likeness (QED) is 0.590. The summed E-state index contributed by atoms with van der Waals surface area (Å²) in [6, 6.07) is 15.2. The molecule has 24 heavy (non-hydrogen) atoms. The van der Waals surface area contributed by atoms with Crippen LogP contribution in [0.3, 0.4) is 0 Å². The van der Waals surface area contributed by atoms with Crippen LogP contribution in [0.4, 0.5) is 5.69 Å². The third-order valence-corrected chi connectivity index (χ3v) is 5.65. The van der Waals surface area contributed by atoms with Gasteiger partial charge in [0.2, 0.25) is 0 Å². The van der Waals surface area contributed by atoms with Gasteiger partial charge in [-0.2, -0.15) is 0 Å². The molecule has 0 amide bonds. The highest BCUT2D eigenvalue weighted by Gasteiger charge is 2.16. The minimum atomic E-state index is 0.704. The van der Waals surface area contributed by atoms with Crippen LogP contribution in [0.5, 0.6) is 0 Å². The van der Waals surface area contributed by atoms with E-state index in [1.54, 1.807) is 0 Å². The molecule has 0 aromatic heterocycles. The molecule has 1 aliphatic rings. The number of allylic oxidation sites excluding steroid dienone is 3. The molecule has 0 bridgehead atoms. The Balaban J connectivity index is 2.15. The molecule has 1 unspecified atom stereocenters. The topological polar surface area (TPSA) is 38.4 Å². The lowest BCUT2D eigenvalue weighted by atomic mass is 9.98. The van der Waals surface area contributed by atoms with Crippen molar-refractivity contribution in [2.45, 2.75) is 20.8 Å². The lowest BCUT2D eigenvalue weighted by Gasteiger charge is -2.20. The minimum absolute atomic E-state index is 0.704. The van der Waals surface area contributed by atoms with Crippen LogP contribution in [0.15, 0.2) is 59.2 Å². The fourth-order valence-corrected chi connectivity index (χ4v) is 4.24. The molecule has 0 aliphatic carbocycles. The number of nitrogens with zero attached hydrogens (tertiary/aromatic N) is 1. The average molecular weight is 334 g/mol. The van der Waals surface area contributed by atoms with Gasteiger partial charge in [-0.05, 0) is 66.6 Å². The average Bonchev–Trinajstić information content (AvgIpc) is 2.57. The Hall–Kier alpha value is -2.18. The Labute approximate surface area is 146 Å². The highest BCUT2D eigenvalue weighted by Crippen LogP contribution is 2.45. The predicted molar refractivity (Wildman–Crippen MR) is 108 cm³/mol.